The van der Waals surface area contributed by atoms with Crippen molar-refractivity contribution in [2.75, 3.05) is 6.54 Å². The molecule has 0 aliphatic carbocycles. The molecule has 0 saturated heterocycles. The molecule has 0 aromatic carbocycles. The molecule has 0 aliphatic rings. The second-order valence-electron chi connectivity index (χ2n) is 6.35. The summed E-state index contributed by atoms with van der Waals surface area (Å²) >= 11 is 1.50. The van der Waals surface area contributed by atoms with Gasteiger partial charge in [0, 0.05) is 35.4 Å². The first-order chi connectivity index (χ1) is 9.64. The molecule has 1 heterocycles. The quantitative estimate of drug-likeness (QED) is 0.794. The number of nitrogens with zero attached hydrogens (tertiary/aromatic N) is 1. The lowest BCUT2D eigenvalue weighted by molar-refractivity contribution is 0.319. The fraction of sp³-hybridized carbons (Fsp3) is 0.733. The summed E-state index contributed by atoms with van der Waals surface area (Å²) in [4.78, 5) is 1.47. The van der Waals surface area contributed by atoms with Crippen LogP contribution in [0.3, 0.4) is 0 Å². The van der Waals surface area contributed by atoms with E-state index >= 15 is 0 Å². The highest BCUT2D eigenvalue weighted by Gasteiger charge is 2.28. The van der Waals surface area contributed by atoms with Gasteiger partial charge in [-0.05, 0) is 25.8 Å². The van der Waals surface area contributed by atoms with Crippen LogP contribution in [-0.2, 0) is 16.6 Å². The van der Waals surface area contributed by atoms with E-state index in [4.69, 9.17) is 0 Å². The molecule has 0 saturated carbocycles. The number of sulfonamides is 1. The predicted molar refractivity (Wildman–Crippen MR) is 90.2 cm³/mol. The highest BCUT2D eigenvalue weighted by Crippen LogP contribution is 2.25. The van der Waals surface area contributed by atoms with Crippen LogP contribution in [0.4, 0.5) is 0 Å². The maximum absolute atomic E-state index is 12.8. The van der Waals surface area contributed by atoms with Crippen LogP contribution < -0.4 is 5.32 Å². The topological polar surface area (TPSA) is 49.4 Å². The predicted octanol–water partition coefficient (Wildman–Crippen LogP) is 3.30. The van der Waals surface area contributed by atoms with Gasteiger partial charge in [0.05, 0.1) is 4.90 Å². The molecule has 0 radical (unpaired) electrons. The van der Waals surface area contributed by atoms with Crippen molar-refractivity contribution < 1.29 is 8.42 Å². The lowest BCUT2D eigenvalue weighted by Crippen LogP contribution is -2.39. The number of hydrogen-bond acceptors (Lipinski definition) is 4. The molecule has 1 N–H and O–H groups in total. The summed E-state index contributed by atoms with van der Waals surface area (Å²) in [6, 6.07) is 2.15. The van der Waals surface area contributed by atoms with E-state index in [1.165, 1.54) is 11.3 Å². The van der Waals surface area contributed by atoms with Gasteiger partial charge in [-0.2, -0.15) is 4.31 Å². The van der Waals surface area contributed by atoms with Crippen molar-refractivity contribution in [1.82, 2.24) is 9.62 Å². The SMILES string of the molecule is CC(C)CN(C(C)C)S(=O)(=O)c1csc(CNC(C)C)c1. The Morgan fingerprint density at radius 1 is 1.19 bits per heavy atom. The van der Waals surface area contributed by atoms with Gasteiger partial charge in [0.15, 0.2) is 0 Å². The number of thiophene rings is 1. The second kappa shape index (κ2) is 7.72. The zero-order chi connectivity index (χ0) is 16.2. The van der Waals surface area contributed by atoms with E-state index in [0.717, 1.165) is 4.88 Å². The minimum absolute atomic E-state index is 0.0328. The van der Waals surface area contributed by atoms with Crippen LogP contribution in [0.1, 0.15) is 46.4 Å². The number of rotatable bonds is 8. The fourth-order valence-electron chi connectivity index (χ4n) is 1.97. The first kappa shape index (κ1) is 18.6. The van der Waals surface area contributed by atoms with Crippen molar-refractivity contribution in [2.45, 2.75) is 65.1 Å². The van der Waals surface area contributed by atoms with E-state index in [2.05, 4.69) is 19.2 Å². The molecule has 1 aromatic rings. The van der Waals surface area contributed by atoms with E-state index < -0.39 is 10.0 Å². The van der Waals surface area contributed by atoms with Crippen LogP contribution >= 0.6 is 11.3 Å². The van der Waals surface area contributed by atoms with Gasteiger partial charge in [-0.25, -0.2) is 8.42 Å². The maximum atomic E-state index is 12.8. The Kier molecular flexibility index (Phi) is 6.84. The molecular formula is C15H28N2O2S2. The number of hydrogen-bond donors (Lipinski definition) is 1. The van der Waals surface area contributed by atoms with Crippen LogP contribution in [-0.4, -0.2) is 31.4 Å². The third-order valence-corrected chi connectivity index (χ3v) is 6.15. The molecule has 1 aromatic heterocycles. The van der Waals surface area contributed by atoms with Crippen molar-refractivity contribution in [1.29, 1.82) is 0 Å². The van der Waals surface area contributed by atoms with Crippen molar-refractivity contribution >= 4 is 21.4 Å². The van der Waals surface area contributed by atoms with Gasteiger partial charge in [0.1, 0.15) is 0 Å². The average molecular weight is 333 g/mol. The summed E-state index contributed by atoms with van der Waals surface area (Å²) in [5.74, 6) is 0.308. The second-order valence-corrected chi connectivity index (χ2v) is 9.23. The van der Waals surface area contributed by atoms with Gasteiger partial charge < -0.3 is 5.32 Å². The van der Waals surface area contributed by atoms with Crippen LogP contribution in [0.25, 0.3) is 0 Å². The fourth-order valence-corrected chi connectivity index (χ4v) is 4.99. The Morgan fingerprint density at radius 3 is 2.29 bits per heavy atom. The van der Waals surface area contributed by atoms with E-state index in [-0.39, 0.29) is 6.04 Å². The monoisotopic (exact) mass is 332 g/mol. The van der Waals surface area contributed by atoms with E-state index in [1.54, 1.807) is 15.8 Å². The van der Waals surface area contributed by atoms with Gasteiger partial charge in [-0.15, -0.1) is 11.3 Å². The molecule has 21 heavy (non-hydrogen) atoms. The Labute approximate surface area is 133 Å². The summed E-state index contributed by atoms with van der Waals surface area (Å²) in [7, 11) is -3.40. The Morgan fingerprint density at radius 2 is 1.81 bits per heavy atom. The van der Waals surface area contributed by atoms with Gasteiger partial charge in [0.25, 0.3) is 0 Å². The van der Waals surface area contributed by atoms with Crippen LogP contribution in [0, 0.1) is 5.92 Å². The Bertz CT molecular complexity index is 534. The third kappa shape index (κ3) is 5.36. The summed E-state index contributed by atoms with van der Waals surface area (Å²) in [5, 5.41) is 5.07. The molecule has 0 spiro atoms. The van der Waals surface area contributed by atoms with E-state index in [0.29, 0.717) is 29.9 Å². The standard InChI is InChI=1S/C15H28N2O2S2/c1-11(2)9-17(13(5)6)21(18,19)15-7-14(20-10-15)8-16-12(3)4/h7,10-13,16H,8-9H2,1-6H3. The largest absolute Gasteiger partial charge is 0.310 e. The molecule has 4 nitrogen and oxygen atoms in total. The van der Waals surface area contributed by atoms with Crippen molar-refractivity contribution in [3.05, 3.63) is 16.3 Å². The van der Waals surface area contributed by atoms with E-state index in [9.17, 15) is 8.42 Å². The van der Waals surface area contributed by atoms with Gasteiger partial charge in [-0.1, -0.05) is 27.7 Å². The van der Waals surface area contributed by atoms with Gasteiger partial charge >= 0.3 is 0 Å². The molecular weight excluding hydrogens is 304 g/mol. The summed E-state index contributed by atoms with van der Waals surface area (Å²) in [5.41, 5.74) is 0. The molecule has 0 amide bonds. The molecule has 0 unspecified atom stereocenters. The first-order valence-corrected chi connectivity index (χ1v) is 9.79. The molecule has 0 fully saturated rings. The number of nitrogens with one attached hydrogen (secondary N) is 1. The molecule has 0 bridgehead atoms. The molecule has 6 heteroatoms. The van der Waals surface area contributed by atoms with Crippen molar-refractivity contribution in [3.63, 3.8) is 0 Å². The summed E-state index contributed by atoms with van der Waals surface area (Å²) < 4.78 is 27.1. The van der Waals surface area contributed by atoms with Crippen LogP contribution in [0.15, 0.2) is 16.3 Å². The first-order valence-electron chi connectivity index (χ1n) is 7.47. The Balaban J connectivity index is 2.95. The van der Waals surface area contributed by atoms with Gasteiger partial charge in [0.2, 0.25) is 10.0 Å². The highest BCUT2D eigenvalue weighted by atomic mass is 32.2. The van der Waals surface area contributed by atoms with Crippen LogP contribution in [0.2, 0.25) is 0 Å². The Hall–Kier alpha value is -0.430. The average Bonchev–Trinajstić information content (AvgIpc) is 2.82. The summed E-state index contributed by atoms with van der Waals surface area (Å²) in [6.07, 6.45) is 0. The molecule has 0 atom stereocenters. The lowest BCUT2D eigenvalue weighted by Gasteiger charge is -2.27. The lowest BCUT2D eigenvalue weighted by atomic mass is 10.2. The highest BCUT2D eigenvalue weighted by molar-refractivity contribution is 7.89. The van der Waals surface area contributed by atoms with Crippen LogP contribution in [0.5, 0.6) is 0 Å². The smallest absolute Gasteiger partial charge is 0.244 e. The normalized spacial score (nSPS) is 13.0. The van der Waals surface area contributed by atoms with Crippen molar-refractivity contribution in [3.8, 4) is 0 Å². The minimum atomic E-state index is -3.40. The third-order valence-electron chi connectivity index (χ3n) is 3.04. The zero-order valence-corrected chi connectivity index (χ0v) is 15.5. The summed E-state index contributed by atoms with van der Waals surface area (Å²) in [6.45, 7) is 13.3. The molecule has 0 aliphatic heterocycles. The molecule has 122 valence electrons. The molecule has 1 rings (SSSR count). The minimum Gasteiger partial charge on any atom is -0.310 e. The van der Waals surface area contributed by atoms with E-state index in [1.807, 2.05) is 27.7 Å². The van der Waals surface area contributed by atoms with Crippen molar-refractivity contribution in [2.24, 2.45) is 5.92 Å². The van der Waals surface area contributed by atoms with Gasteiger partial charge in [-0.3, -0.25) is 0 Å². The maximum Gasteiger partial charge on any atom is 0.244 e. The zero-order valence-electron chi connectivity index (χ0n) is 13.9.